The third-order valence-corrected chi connectivity index (χ3v) is 5.62. The van der Waals surface area contributed by atoms with Gasteiger partial charge in [0.1, 0.15) is 0 Å². The van der Waals surface area contributed by atoms with Crippen molar-refractivity contribution in [3.8, 4) is 0 Å². The molecule has 0 radical (unpaired) electrons. The highest BCUT2D eigenvalue weighted by atomic mass is 16.4. The topological polar surface area (TPSA) is 57.6 Å². The lowest BCUT2D eigenvalue weighted by atomic mass is 9.98. The summed E-state index contributed by atoms with van der Waals surface area (Å²) in [6.45, 7) is 3.41. The highest BCUT2D eigenvalue weighted by molar-refractivity contribution is 5.78. The Morgan fingerprint density at radius 3 is 1.85 bits per heavy atom. The van der Waals surface area contributed by atoms with Crippen LogP contribution in [0, 0.1) is 5.92 Å². The number of amides is 1. The molecule has 1 aliphatic heterocycles. The normalized spacial score (nSPS) is 17.4. The number of rotatable bonds is 15. The second-order valence-corrected chi connectivity index (χ2v) is 8.01. The van der Waals surface area contributed by atoms with Gasteiger partial charge in [0, 0.05) is 19.5 Å². The summed E-state index contributed by atoms with van der Waals surface area (Å²) in [6, 6.07) is 0. The number of carboxylic acid groups (broad SMARTS) is 1. The van der Waals surface area contributed by atoms with Crippen molar-refractivity contribution >= 4 is 11.9 Å². The Labute approximate surface area is 160 Å². The Hall–Kier alpha value is -1.06. The molecule has 1 atom stereocenters. The van der Waals surface area contributed by atoms with Crippen LogP contribution in [0.25, 0.3) is 0 Å². The summed E-state index contributed by atoms with van der Waals surface area (Å²) in [5.41, 5.74) is 0. The average Bonchev–Trinajstić information content (AvgIpc) is 2.65. The van der Waals surface area contributed by atoms with Crippen LogP contribution >= 0.6 is 0 Å². The lowest BCUT2D eigenvalue weighted by Crippen LogP contribution is -2.42. The van der Waals surface area contributed by atoms with Gasteiger partial charge in [-0.1, -0.05) is 84.0 Å². The molecule has 1 aliphatic rings. The van der Waals surface area contributed by atoms with E-state index in [-0.39, 0.29) is 11.8 Å². The van der Waals surface area contributed by atoms with Crippen molar-refractivity contribution in [1.29, 1.82) is 0 Å². The van der Waals surface area contributed by atoms with Gasteiger partial charge in [-0.25, -0.2) is 0 Å². The minimum Gasteiger partial charge on any atom is -0.481 e. The van der Waals surface area contributed by atoms with Crippen molar-refractivity contribution in [3.05, 3.63) is 0 Å². The molecule has 1 unspecified atom stereocenters. The molecule has 0 spiro atoms. The standard InChI is InChI=1S/C22H41NO3/c1-2-3-4-5-6-7-8-9-10-11-12-13-14-17-21(24)23-18-15-16-20(19-23)22(25)26/h20H,2-19H2,1H3,(H,25,26). The van der Waals surface area contributed by atoms with Crippen molar-refractivity contribution < 1.29 is 14.7 Å². The van der Waals surface area contributed by atoms with Crippen LogP contribution in [0.5, 0.6) is 0 Å². The van der Waals surface area contributed by atoms with Crippen molar-refractivity contribution in [1.82, 2.24) is 4.90 Å². The lowest BCUT2D eigenvalue weighted by molar-refractivity contribution is -0.145. The third kappa shape index (κ3) is 10.8. The van der Waals surface area contributed by atoms with Gasteiger partial charge in [0.15, 0.2) is 0 Å². The molecule has 1 fully saturated rings. The van der Waals surface area contributed by atoms with Crippen LogP contribution in [0.15, 0.2) is 0 Å². The first-order valence-electron chi connectivity index (χ1n) is 11.2. The zero-order valence-electron chi connectivity index (χ0n) is 17.0. The first-order chi connectivity index (χ1) is 12.6. The molecular formula is C22H41NO3. The van der Waals surface area contributed by atoms with Crippen LogP contribution in [-0.2, 0) is 9.59 Å². The van der Waals surface area contributed by atoms with Crippen molar-refractivity contribution in [2.24, 2.45) is 5.92 Å². The molecule has 0 saturated carbocycles. The lowest BCUT2D eigenvalue weighted by Gasteiger charge is -2.30. The maximum absolute atomic E-state index is 12.2. The number of piperidine rings is 1. The summed E-state index contributed by atoms with van der Waals surface area (Å²) in [5.74, 6) is -0.971. The SMILES string of the molecule is CCCCCCCCCCCCCCCC(=O)N1CCCC(C(=O)O)C1. The summed E-state index contributed by atoms with van der Waals surface area (Å²) < 4.78 is 0. The van der Waals surface area contributed by atoms with Gasteiger partial charge in [-0.05, 0) is 19.3 Å². The fourth-order valence-electron chi connectivity index (χ4n) is 3.86. The van der Waals surface area contributed by atoms with Gasteiger partial charge >= 0.3 is 5.97 Å². The van der Waals surface area contributed by atoms with Gasteiger partial charge in [-0.15, -0.1) is 0 Å². The van der Waals surface area contributed by atoms with E-state index < -0.39 is 5.97 Å². The highest BCUT2D eigenvalue weighted by Crippen LogP contribution is 2.18. The summed E-state index contributed by atoms with van der Waals surface area (Å²) >= 11 is 0. The number of unbranched alkanes of at least 4 members (excludes halogenated alkanes) is 12. The van der Waals surface area contributed by atoms with Gasteiger partial charge in [0.25, 0.3) is 0 Å². The Balaban J connectivity index is 1.89. The number of carbonyl (C=O) groups excluding carboxylic acids is 1. The molecule has 0 aliphatic carbocycles. The number of carbonyl (C=O) groups is 2. The zero-order valence-corrected chi connectivity index (χ0v) is 17.0. The zero-order chi connectivity index (χ0) is 19.0. The number of aliphatic carboxylic acids is 1. The van der Waals surface area contributed by atoms with Crippen LogP contribution in [0.4, 0.5) is 0 Å². The number of hydrogen-bond donors (Lipinski definition) is 1. The molecule has 0 aromatic carbocycles. The Morgan fingerprint density at radius 2 is 1.35 bits per heavy atom. The Kier molecular flexibility index (Phi) is 13.3. The first kappa shape index (κ1) is 23.0. The molecule has 0 aromatic heterocycles. The van der Waals surface area contributed by atoms with E-state index in [2.05, 4.69) is 6.92 Å². The molecule has 0 aromatic rings. The molecule has 1 heterocycles. The maximum Gasteiger partial charge on any atom is 0.308 e. The second kappa shape index (κ2) is 15.0. The van der Waals surface area contributed by atoms with E-state index in [1.807, 2.05) is 0 Å². The Morgan fingerprint density at radius 1 is 0.846 bits per heavy atom. The largest absolute Gasteiger partial charge is 0.481 e. The molecule has 1 amide bonds. The molecule has 26 heavy (non-hydrogen) atoms. The van der Waals surface area contributed by atoms with Crippen LogP contribution in [0.2, 0.25) is 0 Å². The fourth-order valence-corrected chi connectivity index (χ4v) is 3.86. The summed E-state index contributed by atoms with van der Waals surface area (Å²) in [6.07, 6.45) is 19.1. The summed E-state index contributed by atoms with van der Waals surface area (Å²) in [4.78, 5) is 25.0. The highest BCUT2D eigenvalue weighted by Gasteiger charge is 2.27. The van der Waals surface area contributed by atoms with Gasteiger partial charge < -0.3 is 10.0 Å². The molecule has 152 valence electrons. The maximum atomic E-state index is 12.2. The second-order valence-electron chi connectivity index (χ2n) is 8.01. The predicted octanol–water partition coefficient (Wildman–Crippen LogP) is 5.79. The number of carboxylic acids is 1. The van der Waals surface area contributed by atoms with Crippen LogP contribution in [0.3, 0.4) is 0 Å². The third-order valence-electron chi connectivity index (χ3n) is 5.62. The molecule has 4 heteroatoms. The summed E-state index contributed by atoms with van der Waals surface area (Å²) in [7, 11) is 0. The van der Waals surface area contributed by atoms with Crippen molar-refractivity contribution in [2.75, 3.05) is 13.1 Å². The first-order valence-corrected chi connectivity index (χ1v) is 11.2. The predicted molar refractivity (Wildman–Crippen MR) is 107 cm³/mol. The van der Waals surface area contributed by atoms with E-state index in [1.165, 1.54) is 70.6 Å². The van der Waals surface area contributed by atoms with Crippen molar-refractivity contribution in [2.45, 2.75) is 110 Å². The monoisotopic (exact) mass is 367 g/mol. The molecular weight excluding hydrogens is 326 g/mol. The average molecular weight is 368 g/mol. The molecule has 4 nitrogen and oxygen atoms in total. The minimum absolute atomic E-state index is 0.152. The van der Waals surface area contributed by atoms with Gasteiger partial charge in [-0.2, -0.15) is 0 Å². The van der Waals surface area contributed by atoms with E-state index in [4.69, 9.17) is 5.11 Å². The molecule has 0 bridgehead atoms. The summed E-state index contributed by atoms with van der Waals surface area (Å²) in [5, 5.41) is 9.10. The molecule has 1 saturated heterocycles. The smallest absolute Gasteiger partial charge is 0.308 e. The van der Waals surface area contributed by atoms with Gasteiger partial charge in [-0.3, -0.25) is 9.59 Å². The van der Waals surface area contributed by atoms with Crippen molar-refractivity contribution in [3.63, 3.8) is 0 Å². The minimum atomic E-state index is -0.761. The van der Waals surface area contributed by atoms with E-state index in [0.717, 1.165) is 25.8 Å². The quantitative estimate of drug-likeness (QED) is 0.373. The van der Waals surface area contributed by atoms with Gasteiger partial charge in [0.2, 0.25) is 5.91 Å². The number of nitrogens with zero attached hydrogens (tertiary/aromatic N) is 1. The molecule has 1 N–H and O–H groups in total. The Bertz CT molecular complexity index is 384. The van der Waals surface area contributed by atoms with E-state index in [0.29, 0.717) is 19.4 Å². The van der Waals surface area contributed by atoms with E-state index in [1.54, 1.807) is 4.90 Å². The molecule has 1 rings (SSSR count). The van der Waals surface area contributed by atoms with E-state index in [9.17, 15) is 9.59 Å². The van der Waals surface area contributed by atoms with E-state index >= 15 is 0 Å². The fraction of sp³-hybridized carbons (Fsp3) is 0.909. The number of hydrogen-bond acceptors (Lipinski definition) is 2. The van der Waals surface area contributed by atoms with Crippen LogP contribution in [0.1, 0.15) is 110 Å². The van der Waals surface area contributed by atoms with Crippen LogP contribution < -0.4 is 0 Å². The van der Waals surface area contributed by atoms with Crippen LogP contribution in [-0.4, -0.2) is 35.0 Å². The van der Waals surface area contributed by atoms with Gasteiger partial charge in [0.05, 0.1) is 5.92 Å². The number of likely N-dealkylation sites (tertiary alicyclic amines) is 1.